The zero-order valence-electron chi connectivity index (χ0n) is 20.5. The minimum Gasteiger partial charge on any atom is -0.426 e. The fourth-order valence-electron chi connectivity index (χ4n) is 4.38. The summed E-state index contributed by atoms with van der Waals surface area (Å²) in [5.41, 5.74) is 2.09. The van der Waals surface area contributed by atoms with Crippen LogP contribution in [-0.4, -0.2) is 23.5 Å². The molecule has 4 aromatic rings. The van der Waals surface area contributed by atoms with Gasteiger partial charge in [-0.1, -0.05) is 36.4 Å². The fourth-order valence-corrected chi connectivity index (χ4v) is 4.38. The minimum absolute atomic E-state index is 0.0977. The zero-order valence-corrected chi connectivity index (χ0v) is 20.5. The summed E-state index contributed by atoms with van der Waals surface area (Å²) < 4.78 is 10.6. The molecule has 0 bridgehead atoms. The van der Waals surface area contributed by atoms with Crippen molar-refractivity contribution in [3.05, 3.63) is 107 Å². The van der Waals surface area contributed by atoms with Crippen LogP contribution in [0.25, 0.3) is 0 Å². The van der Waals surface area contributed by atoms with Gasteiger partial charge in [0.1, 0.15) is 11.5 Å². The van der Waals surface area contributed by atoms with Gasteiger partial charge in [-0.05, 0) is 48.5 Å². The summed E-state index contributed by atoms with van der Waals surface area (Å²) >= 11 is 0. The molecule has 0 aromatic heterocycles. The molecule has 38 heavy (non-hydrogen) atoms. The van der Waals surface area contributed by atoms with Gasteiger partial charge in [0.2, 0.25) is 11.6 Å². The number of carbonyl (C=O) groups excluding carboxylic acids is 4. The summed E-state index contributed by atoms with van der Waals surface area (Å²) in [4.78, 5) is 52.0. The van der Waals surface area contributed by atoms with Crippen LogP contribution in [0, 0.1) is 0 Å². The first-order valence-corrected chi connectivity index (χ1v) is 11.8. The van der Waals surface area contributed by atoms with E-state index in [4.69, 9.17) is 9.47 Å². The van der Waals surface area contributed by atoms with Gasteiger partial charge in [-0.15, -0.1) is 0 Å². The molecule has 4 aromatic carbocycles. The summed E-state index contributed by atoms with van der Waals surface area (Å²) in [6.07, 6.45) is 0. The minimum atomic E-state index is -0.666. The van der Waals surface area contributed by atoms with E-state index in [1.165, 1.54) is 26.0 Å². The molecule has 0 radical (unpaired) electrons. The molecule has 0 saturated heterocycles. The largest absolute Gasteiger partial charge is 0.426 e. The van der Waals surface area contributed by atoms with Crippen molar-refractivity contribution in [1.82, 2.24) is 0 Å². The molecule has 0 fully saturated rings. The van der Waals surface area contributed by atoms with Crippen LogP contribution in [0.5, 0.6) is 11.5 Å². The number of hydrogen-bond donors (Lipinski definition) is 2. The number of anilines is 4. The Morgan fingerprint density at radius 2 is 0.895 bits per heavy atom. The maximum atomic E-state index is 14.2. The smallest absolute Gasteiger partial charge is 0.308 e. The number of ether oxygens (including phenoxy) is 2. The van der Waals surface area contributed by atoms with Crippen LogP contribution >= 0.6 is 0 Å². The average Bonchev–Trinajstić information content (AvgIpc) is 2.89. The highest BCUT2D eigenvalue weighted by Crippen LogP contribution is 2.44. The van der Waals surface area contributed by atoms with Crippen molar-refractivity contribution < 1.29 is 28.7 Å². The number of hydrogen-bond acceptors (Lipinski definition) is 8. The molecule has 0 saturated carbocycles. The number of benzene rings is 4. The van der Waals surface area contributed by atoms with E-state index in [1.54, 1.807) is 12.1 Å². The lowest BCUT2D eigenvalue weighted by Gasteiger charge is -2.26. The number of ketones is 2. The Morgan fingerprint density at radius 3 is 1.24 bits per heavy atom. The second-order valence-corrected chi connectivity index (χ2v) is 8.55. The SMILES string of the molecule is CC(=O)Oc1ccc(OC(C)=O)c2c1C(=O)c1c(Nc3ccccc3)ccc(Nc3ccccc3)c1C2=O. The quantitative estimate of drug-likeness (QED) is 0.220. The average molecular weight is 507 g/mol. The Morgan fingerprint density at radius 1 is 0.526 bits per heavy atom. The second-order valence-electron chi connectivity index (χ2n) is 8.55. The Bertz CT molecular complexity index is 1480. The number of rotatable bonds is 6. The molecule has 0 spiro atoms. The molecule has 0 atom stereocenters. The first-order chi connectivity index (χ1) is 18.3. The van der Waals surface area contributed by atoms with Gasteiger partial charge in [0.25, 0.3) is 0 Å². The molecule has 2 N–H and O–H groups in total. The highest BCUT2D eigenvalue weighted by Gasteiger charge is 2.39. The Balaban J connectivity index is 1.75. The Labute approximate surface area is 218 Å². The zero-order chi connectivity index (χ0) is 26.8. The van der Waals surface area contributed by atoms with E-state index in [2.05, 4.69) is 10.6 Å². The van der Waals surface area contributed by atoms with E-state index in [1.807, 2.05) is 60.7 Å². The van der Waals surface area contributed by atoms with E-state index in [0.29, 0.717) is 22.7 Å². The van der Waals surface area contributed by atoms with Gasteiger partial charge < -0.3 is 20.1 Å². The molecule has 188 valence electrons. The van der Waals surface area contributed by atoms with E-state index in [0.717, 1.165) is 0 Å². The Hall–Kier alpha value is -5.24. The van der Waals surface area contributed by atoms with Crippen molar-refractivity contribution in [1.29, 1.82) is 0 Å². The summed E-state index contributed by atoms with van der Waals surface area (Å²) in [6, 6.07) is 24.5. The molecule has 8 heteroatoms. The summed E-state index contributed by atoms with van der Waals surface area (Å²) in [5.74, 6) is -2.65. The number of nitrogens with one attached hydrogen (secondary N) is 2. The highest BCUT2D eigenvalue weighted by atomic mass is 16.5. The summed E-state index contributed by atoms with van der Waals surface area (Å²) in [7, 11) is 0. The van der Waals surface area contributed by atoms with Crippen molar-refractivity contribution in [3.8, 4) is 11.5 Å². The van der Waals surface area contributed by atoms with Crippen LogP contribution in [0.3, 0.4) is 0 Å². The van der Waals surface area contributed by atoms with Crippen molar-refractivity contribution in [2.45, 2.75) is 13.8 Å². The third-order valence-electron chi connectivity index (χ3n) is 5.86. The van der Waals surface area contributed by atoms with E-state index >= 15 is 0 Å². The van der Waals surface area contributed by atoms with Crippen LogP contribution < -0.4 is 20.1 Å². The maximum Gasteiger partial charge on any atom is 0.308 e. The number of carbonyl (C=O) groups is 4. The molecule has 1 aliphatic rings. The molecule has 0 amide bonds. The van der Waals surface area contributed by atoms with Gasteiger partial charge in [0, 0.05) is 25.2 Å². The van der Waals surface area contributed by atoms with Crippen LogP contribution in [0.4, 0.5) is 22.7 Å². The first kappa shape index (κ1) is 24.5. The predicted molar refractivity (Wildman–Crippen MR) is 142 cm³/mol. The van der Waals surface area contributed by atoms with Crippen LogP contribution in [0.1, 0.15) is 45.7 Å². The molecule has 5 rings (SSSR count). The fraction of sp³-hybridized carbons (Fsp3) is 0.0667. The predicted octanol–water partition coefficient (Wildman–Crippen LogP) is 5.80. The van der Waals surface area contributed by atoms with Gasteiger partial charge in [-0.25, -0.2) is 0 Å². The number of fused-ring (bicyclic) bond motifs is 2. The normalized spacial score (nSPS) is 11.7. The van der Waals surface area contributed by atoms with Crippen LogP contribution in [0.15, 0.2) is 84.9 Å². The van der Waals surface area contributed by atoms with E-state index < -0.39 is 23.5 Å². The van der Waals surface area contributed by atoms with Crippen molar-refractivity contribution in [2.75, 3.05) is 10.6 Å². The summed E-state index contributed by atoms with van der Waals surface area (Å²) in [6.45, 7) is 2.39. The number of para-hydroxylation sites is 2. The lowest BCUT2D eigenvalue weighted by molar-refractivity contribution is -0.133. The molecule has 0 aliphatic heterocycles. The molecule has 8 nitrogen and oxygen atoms in total. The van der Waals surface area contributed by atoms with E-state index in [-0.39, 0.29) is 33.8 Å². The van der Waals surface area contributed by atoms with Gasteiger partial charge in [0.15, 0.2) is 0 Å². The lowest BCUT2D eigenvalue weighted by Crippen LogP contribution is -2.26. The molecular formula is C30H22N2O6. The first-order valence-electron chi connectivity index (χ1n) is 11.8. The van der Waals surface area contributed by atoms with Gasteiger partial charge in [0.05, 0.1) is 33.6 Å². The van der Waals surface area contributed by atoms with Gasteiger partial charge in [-0.2, -0.15) is 0 Å². The standard InChI is InChI=1S/C30H22N2O6/c1-17(33)37-23-15-16-24(38-18(2)34)28-27(23)29(35)25-21(31-19-9-5-3-6-10-19)13-14-22(26(25)30(28)36)32-20-11-7-4-8-12-20/h3-16,31-32H,1-2H3. The van der Waals surface area contributed by atoms with Crippen molar-refractivity contribution >= 4 is 46.3 Å². The third kappa shape index (κ3) is 4.62. The lowest BCUT2D eigenvalue weighted by atomic mass is 9.81. The molecule has 0 unspecified atom stereocenters. The second kappa shape index (κ2) is 10.0. The van der Waals surface area contributed by atoms with Gasteiger partial charge >= 0.3 is 11.9 Å². The molecule has 0 heterocycles. The highest BCUT2D eigenvalue weighted by molar-refractivity contribution is 6.34. The van der Waals surface area contributed by atoms with Gasteiger partial charge in [-0.3, -0.25) is 19.2 Å². The Kier molecular flexibility index (Phi) is 6.45. The molecule has 1 aliphatic carbocycles. The maximum absolute atomic E-state index is 14.2. The van der Waals surface area contributed by atoms with Crippen LogP contribution in [-0.2, 0) is 9.59 Å². The summed E-state index contributed by atoms with van der Waals surface area (Å²) in [5, 5.41) is 6.44. The van der Waals surface area contributed by atoms with E-state index in [9.17, 15) is 19.2 Å². The third-order valence-corrected chi connectivity index (χ3v) is 5.86. The monoisotopic (exact) mass is 506 g/mol. The van der Waals surface area contributed by atoms with Crippen molar-refractivity contribution in [3.63, 3.8) is 0 Å². The number of esters is 2. The molecular weight excluding hydrogens is 484 g/mol. The van der Waals surface area contributed by atoms with Crippen LogP contribution in [0.2, 0.25) is 0 Å². The topological polar surface area (TPSA) is 111 Å². The van der Waals surface area contributed by atoms with Crippen molar-refractivity contribution in [2.24, 2.45) is 0 Å².